The quantitative estimate of drug-likeness (QED) is 0.609. The van der Waals surface area contributed by atoms with Crippen molar-refractivity contribution in [3.8, 4) is 5.75 Å². The molecule has 1 amide bonds. The second-order valence-electron chi connectivity index (χ2n) is 6.29. The molecule has 6 heteroatoms. The van der Waals surface area contributed by atoms with E-state index in [0.29, 0.717) is 0 Å². The normalized spacial score (nSPS) is 13.6. The smallest absolute Gasteiger partial charge is 0.250 e. The molecule has 27 heavy (non-hydrogen) atoms. The number of hydrogen-bond donors (Lipinski definition) is 2. The summed E-state index contributed by atoms with van der Waals surface area (Å²) in [4.78, 5) is 14.4. The van der Waals surface area contributed by atoms with Crippen LogP contribution in [0.15, 0.2) is 54.6 Å². The van der Waals surface area contributed by atoms with Gasteiger partial charge in [-0.3, -0.25) is 10.1 Å². The maximum Gasteiger partial charge on any atom is 0.250 e. The van der Waals surface area contributed by atoms with Crippen LogP contribution in [0, 0.1) is 0 Å². The molecule has 5 nitrogen and oxygen atoms in total. The first-order valence-corrected chi connectivity index (χ1v) is 9.34. The molecule has 0 aliphatic carbocycles. The number of ether oxygens (including phenoxy) is 1. The molecule has 3 rings (SSSR count). The third kappa shape index (κ3) is 5.56. The van der Waals surface area contributed by atoms with Gasteiger partial charge in [0.1, 0.15) is 5.75 Å². The van der Waals surface area contributed by atoms with Gasteiger partial charge in [0.05, 0.1) is 7.11 Å². The summed E-state index contributed by atoms with van der Waals surface area (Å²) < 4.78 is 5.11. The molecule has 2 N–H and O–H groups in total. The second kappa shape index (κ2) is 9.19. The van der Waals surface area contributed by atoms with Gasteiger partial charge in [-0.25, -0.2) is 0 Å². The summed E-state index contributed by atoms with van der Waals surface area (Å²) in [6.45, 7) is 2.23. The van der Waals surface area contributed by atoms with Gasteiger partial charge < -0.3 is 15.0 Å². The lowest BCUT2D eigenvalue weighted by Gasteiger charge is -2.18. The Balaban J connectivity index is 1.49. The molecule has 0 atom stereocenters. The first kappa shape index (κ1) is 18.9. The molecule has 1 fully saturated rings. The van der Waals surface area contributed by atoms with Crippen molar-refractivity contribution >= 4 is 40.7 Å². The van der Waals surface area contributed by atoms with Crippen molar-refractivity contribution < 1.29 is 9.53 Å². The highest BCUT2D eigenvalue weighted by Gasteiger charge is 2.11. The number of methoxy groups -OCH3 is 1. The van der Waals surface area contributed by atoms with E-state index in [1.165, 1.54) is 24.6 Å². The summed E-state index contributed by atoms with van der Waals surface area (Å²) in [5.41, 5.74) is 2.97. The van der Waals surface area contributed by atoms with Gasteiger partial charge in [-0.15, -0.1) is 0 Å². The molecule has 0 bridgehead atoms. The van der Waals surface area contributed by atoms with Crippen molar-refractivity contribution in [3.63, 3.8) is 0 Å². The minimum absolute atomic E-state index is 0.272. The third-order valence-corrected chi connectivity index (χ3v) is 4.58. The van der Waals surface area contributed by atoms with Crippen LogP contribution in [0.5, 0.6) is 5.75 Å². The van der Waals surface area contributed by atoms with Crippen molar-refractivity contribution in [3.05, 3.63) is 60.2 Å². The number of nitrogens with one attached hydrogen (secondary N) is 2. The van der Waals surface area contributed by atoms with Crippen molar-refractivity contribution in [1.29, 1.82) is 0 Å². The van der Waals surface area contributed by atoms with E-state index in [1.807, 2.05) is 36.4 Å². The molecule has 1 aliphatic heterocycles. The van der Waals surface area contributed by atoms with Crippen LogP contribution in [0.1, 0.15) is 18.4 Å². The van der Waals surface area contributed by atoms with Crippen LogP contribution in [0.3, 0.4) is 0 Å². The predicted molar refractivity (Wildman–Crippen MR) is 114 cm³/mol. The van der Waals surface area contributed by atoms with Gasteiger partial charge in [-0.1, -0.05) is 12.1 Å². The molecule has 2 aromatic carbocycles. The number of nitrogens with zero attached hydrogens (tertiary/aromatic N) is 1. The van der Waals surface area contributed by atoms with Crippen LogP contribution >= 0.6 is 12.2 Å². The van der Waals surface area contributed by atoms with E-state index in [0.717, 1.165) is 30.1 Å². The standard InChI is InChI=1S/C21H23N3O2S/c1-26-19-11-4-16(5-12-19)6-13-20(25)23-21(27)22-17-7-9-18(10-8-17)24-14-2-3-15-24/h4-13H,2-3,14-15H2,1H3,(H2,22,23,25,27)/b13-6+. The lowest BCUT2D eigenvalue weighted by molar-refractivity contribution is -0.115. The Bertz CT molecular complexity index is 810. The zero-order valence-electron chi connectivity index (χ0n) is 15.3. The highest BCUT2D eigenvalue weighted by molar-refractivity contribution is 7.80. The fraction of sp³-hybridized carbons (Fsp3) is 0.238. The Hall–Kier alpha value is -2.86. The van der Waals surface area contributed by atoms with Crippen LogP contribution in [-0.4, -0.2) is 31.2 Å². The Morgan fingerprint density at radius 3 is 2.37 bits per heavy atom. The monoisotopic (exact) mass is 381 g/mol. The molecular formula is C21H23N3O2S. The van der Waals surface area contributed by atoms with E-state index in [9.17, 15) is 4.79 Å². The SMILES string of the molecule is COc1ccc(/C=C/C(=O)NC(=S)Nc2ccc(N3CCCC3)cc2)cc1. The topological polar surface area (TPSA) is 53.6 Å². The van der Waals surface area contributed by atoms with Crippen LogP contribution in [0.4, 0.5) is 11.4 Å². The van der Waals surface area contributed by atoms with Gasteiger partial charge in [0.2, 0.25) is 5.91 Å². The molecule has 0 unspecified atom stereocenters. The number of thiocarbonyl (C=S) groups is 1. The summed E-state index contributed by atoms with van der Waals surface area (Å²) in [6.07, 6.45) is 5.68. The van der Waals surface area contributed by atoms with Gasteiger partial charge >= 0.3 is 0 Å². The van der Waals surface area contributed by atoms with E-state index >= 15 is 0 Å². The van der Waals surface area contributed by atoms with Gasteiger partial charge in [-0.2, -0.15) is 0 Å². The van der Waals surface area contributed by atoms with Gasteiger partial charge in [0.15, 0.2) is 5.11 Å². The van der Waals surface area contributed by atoms with E-state index in [-0.39, 0.29) is 11.0 Å². The van der Waals surface area contributed by atoms with Crippen LogP contribution < -0.4 is 20.3 Å². The Kier molecular flexibility index (Phi) is 6.44. The van der Waals surface area contributed by atoms with Crippen molar-refractivity contribution in [2.75, 3.05) is 30.4 Å². The molecule has 140 valence electrons. The average molecular weight is 382 g/mol. The average Bonchev–Trinajstić information content (AvgIpc) is 3.22. The highest BCUT2D eigenvalue weighted by atomic mass is 32.1. The molecule has 1 heterocycles. The van der Waals surface area contributed by atoms with Crippen LogP contribution in [-0.2, 0) is 4.79 Å². The Morgan fingerprint density at radius 2 is 1.74 bits per heavy atom. The van der Waals surface area contributed by atoms with E-state index in [2.05, 4.69) is 27.7 Å². The summed E-state index contributed by atoms with van der Waals surface area (Å²) >= 11 is 5.21. The Labute approximate surface area is 165 Å². The lowest BCUT2D eigenvalue weighted by Crippen LogP contribution is -2.32. The summed E-state index contributed by atoms with van der Waals surface area (Å²) in [6, 6.07) is 15.5. The summed E-state index contributed by atoms with van der Waals surface area (Å²) in [7, 11) is 1.62. The lowest BCUT2D eigenvalue weighted by atomic mass is 10.2. The third-order valence-electron chi connectivity index (χ3n) is 4.38. The van der Waals surface area contributed by atoms with Gasteiger partial charge in [-0.05, 0) is 73.1 Å². The number of rotatable bonds is 5. The second-order valence-corrected chi connectivity index (χ2v) is 6.70. The van der Waals surface area contributed by atoms with Gasteiger partial charge in [0.25, 0.3) is 0 Å². The summed E-state index contributed by atoms with van der Waals surface area (Å²) in [5.74, 6) is 0.495. The molecular weight excluding hydrogens is 358 g/mol. The van der Waals surface area contributed by atoms with Crippen molar-refractivity contribution in [2.45, 2.75) is 12.8 Å². The molecule has 1 aliphatic rings. The molecule has 0 aromatic heterocycles. The highest BCUT2D eigenvalue weighted by Crippen LogP contribution is 2.22. The van der Waals surface area contributed by atoms with Crippen LogP contribution in [0.25, 0.3) is 6.08 Å². The first-order chi connectivity index (χ1) is 13.1. The molecule has 1 saturated heterocycles. The fourth-order valence-corrected chi connectivity index (χ4v) is 3.15. The zero-order valence-corrected chi connectivity index (χ0v) is 16.1. The fourth-order valence-electron chi connectivity index (χ4n) is 2.93. The van der Waals surface area contributed by atoms with E-state index in [1.54, 1.807) is 13.2 Å². The molecule has 0 saturated carbocycles. The number of hydrogen-bond acceptors (Lipinski definition) is 4. The molecule has 2 aromatic rings. The van der Waals surface area contributed by atoms with Crippen molar-refractivity contribution in [2.24, 2.45) is 0 Å². The van der Waals surface area contributed by atoms with Crippen molar-refractivity contribution in [1.82, 2.24) is 5.32 Å². The van der Waals surface area contributed by atoms with E-state index < -0.39 is 0 Å². The van der Waals surface area contributed by atoms with E-state index in [4.69, 9.17) is 17.0 Å². The Morgan fingerprint density at radius 1 is 1.07 bits per heavy atom. The number of carbonyl (C=O) groups is 1. The molecule has 0 spiro atoms. The minimum Gasteiger partial charge on any atom is -0.497 e. The molecule has 0 radical (unpaired) electrons. The number of anilines is 2. The van der Waals surface area contributed by atoms with Crippen LogP contribution in [0.2, 0.25) is 0 Å². The number of benzene rings is 2. The summed E-state index contributed by atoms with van der Waals surface area (Å²) in [5, 5.41) is 5.96. The number of carbonyl (C=O) groups excluding carboxylic acids is 1. The predicted octanol–water partition coefficient (Wildman–Crippen LogP) is 3.82. The minimum atomic E-state index is -0.281. The maximum atomic E-state index is 12.0. The first-order valence-electron chi connectivity index (χ1n) is 8.93. The maximum absolute atomic E-state index is 12.0. The number of amides is 1. The zero-order chi connectivity index (χ0) is 19.1. The largest absolute Gasteiger partial charge is 0.497 e. The van der Waals surface area contributed by atoms with Gasteiger partial charge in [0, 0.05) is 30.5 Å².